The van der Waals surface area contributed by atoms with E-state index in [0.29, 0.717) is 10.7 Å². The van der Waals surface area contributed by atoms with Gasteiger partial charge in [-0.25, -0.2) is 8.42 Å². The van der Waals surface area contributed by atoms with Gasteiger partial charge in [0.1, 0.15) is 5.54 Å². The molecular weight excluding hydrogens is 414 g/mol. The fourth-order valence-corrected chi connectivity index (χ4v) is 5.12. The smallest absolute Gasteiger partial charge is 0.247 e. The standard InChI is InChI=1S/C20H28ClN3O4S/c1-14-9-10-16(11-17(14)21)24-18(25)12-23(29(3,27)28)13-20(24,2)19(26)22-15-7-5-4-6-8-15/h9-11,15H,4-8,12-13H2,1-3H3,(H,22,26)/t20-/m0/s1. The number of hydrogen-bond donors (Lipinski definition) is 1. The average Bonchev–Trinajstić information content (AvgIpc) is 2.64. The topological polar surface area (TPSA) is 86.8 Å². The Morgan fingerprint density at radius 1 is 1.24 bits per heavy atom. The van der Waals surface area contributed by atoms with Gasteiger partial charge in [0.2, 0.25) is 21.8 Å². The van der Waals surface area contributed by atoms with Crippen molar-refractivity contribution >= 4 is 39.1 Å². The van der Waals surface area contributed by atoms with E-state index in [1.165, 1.54) is 4.90 Å². The first-order valence-electron chi connectivity index (χ1n) is 9.87. The summed E-state index contributed by atoms with van der Waals surface area (Å²) in [6.45, 7) is 3.05. The van der Waals surface area contributed by atoms with E-state index in [4.69, 9.17) is 11.6 Å². The van der Waals surface area contributed by atoms with Gasteiger partial charge < -0.3 is 5.32 Å². The first kappa shape index (κ1) is 22.1. The average molecular weight is 442 g/mol. The Morgan fingerprint density at radius 2 is 1.90 bits per heavy atom. The molecule has 0 aromatic heterocycles. The molecule has 1 aliphatic heterocycles. The molecule has 1 aromatic rings. The van der Waals surface area contributed by atoms with Gasteiger partial charge in [0.15, 0.2) is 0 Å². The summed E-state index contributed by atoms with van der Waals surface area (Å²) in [4.78, 5) is 27.8. The highest BCUT2D eigenvalue weighted by Crippen LogP contribution is 2.33. The number of halogens is 1. The summed E-state index contributed by atoms with van der Waals surface area (Å²) in [5, 5.41) is 3.54. The number of aryl methyl sites for hydroxylation is 1. The number of carbonyl (C=O) groups excluding carboxylic acids is 2. The molecule has 1 N–H and O–H groups in total. The van der Waals surface area contributed by atoms with Gasteiger partial charge in [-0.3, -0.25) is 14.5 Å². The van der Waals surface area contributed by atoms with Gasteiger partial charge in [-0.1, -0.05) is 36.9 Å². The van der Waals surface area contributed by atoms with Crippen LogP contribution >= 0.6 is 11.6 Å². The molecule has 1 heterocycles. The molecular formula is C20H28ClN3O4S. The van der Waals surface area contributed by atoms with Crippen LogP contribution in [-0.4, -0.2) is 55.5 Å². The number of hydrogen-bond acceptors (Lipinski definition) is 4. The summed E-state index contributed by atoms with van der Waals surface area (Å²) < 4.78 is 25.4. The molecule has 0 radical (unpaired) electrons. The highest BCUT2D eigenvalue weighted by Gasteiger charge is 2.50. The summed E-state index contributed by atoms with van der Waals surface area (Å²) in [6.07, 6.45) is 6.08. The number of amides is 2. The van der Waals surface area contributed by atoms with Crippen molar-refractivity contribution in [3.8, 4) is 0 Å². The van der Waals surface area contributed by atoms with Crippen molar-refractivity contribution in [2.75, 3.05) is 24.2 Å². The zero-order valence-corrected chi connectivity index (χ0v) is 18.6. The van der Waals surface area contributed by atoms with Gasteiger partial charge in [0.25, 0.3) is 0 Å². The van der Waals surface area contributed by atoms with Crippen molar-refractivity contribution in [3.05, 3.63) is 28.8 Å². The van der Waals surface area contributed by atoms with Gasteiger partial charge in [0, 0.05) is 23.3 Å². The number of benzene rings is 1. The third-order valence-electron chi connectivity index (χ3n) is 5.85. The van der Waals surface area contributed by atoms with E-state index >= 15 is 0 Å². The van der Waals surface area contributed by atoms with E-state index in [0.717, 1.165) is 48.2 Å². The summed E-state index contributed by atoms with van der Waals surface area (Å²) in [7, 11) is -3.64. The second-order valence-electron chi connectivity index (χ2n) is 8.28. The Hall–Kier alpha value is -1.64. The molecule has 0 bridgehead atoms. The maximum atomic E-state index is 13.4. The lowest BCUT2D eigenvalue weighted by Gasteiger charge is -2.47. The molecule has 2 amide bonds. The number of anilines is 1. The first-order chi connectivity index (χ1) is 13.5. The van der Waals surface area contributed by atoms with Crippen LogP contribution in [0, 0.1) is 6.92 Å². The molecule has 1 aliphatic carbocycles. The van der Waals surface area contributed by atoms with E-state index in [1.54, 1.807) is 25.1 Å². The number of carbonyl (C=O) groups is 2. The third-order valence-corrected chi connectivity index (χ3v) is 7.45. The molecule has 9 heteroatoms. The number of piperazine rings is 1. The van der Waals surface area contributed by atoms with E-state index in [1.807, 2.05) is 6.92 Å². The quantitative estimate of drug-likeness (QED) is 0.777. The van der Waals surface area contributed by atoms with Crippen molar-refractivity contribution in [1.82, 2.24) is 9.62 Å². The van der Waals surface area contributed by atoms with Crippen molar-refractivity contribution in [3.63, 3.8) is 0 Å². The van der Waals surface area contributed by atoms with Crippen LogP contribution in [0.1, 0.15) is 44.6 Å². The minimum absolute atomic E-state index is 0.0419. The lowest BCUT2D eigenvalue weighted by atomic mass is 9.91. The number of sulfonamides is 1. The van der Waals surface area contributed by atoms with Crippen LogP contribution in [0.5, 0.6) is 0 Å². The van der Waals surface area contributed by atoms with Crippen molar-refractivity contribution in [2.45, 2.75) is 57.5 Å². The van der Waals surface area contributed by atoms with Gasteiger partial charge in [-0.15, -0.1) is 0 Å². The number of rotatable bonds is 4. The largest absolute Gasteiger partial charge is 0.351 e. The molecule has 3 rings (SSSR count). The molecule has 0 unspecified atom stereocenters. The molecule has 160 valence electrons. The summed E-state index contributed by atoms with van der Waals surface area (Å²) in [5.41, 5.74) is -0.0416. The minimum Gasteiger partial charge on any atom is -0.351 e. The maximum Gasteiger partial charge on any atom is 0.247 e. The zero-order chi connectivity index (χ0) is 21.4. The summed E-state index contributed by atoms with van der Waals surface area (Å²) in [6, 6.07) is 5.21. The van der Waals surface area contributed by atoms with Crippen LogP contribution in [0.2, 0.25) is 5.02 Å². The van der Waals surface area contributed by atoms with Crippen molar-refractivity contribution < 1.29 is 18.0 Å². The van der Waals surface area contributed by atoms with E-state index < -0.39 is 21.5 Å². The Labute approximate surface area is 177 Å². The molecule has 1 atom stereocenters. The van der Waals surface area contributed by atoms with Gasteiger partial charge in [-0.2, -0.15) is 4.31 Å². The monoisotopic (exact) mass is 441 g/mol. The van der Waals surface area contributed by atoms with Crippen molar-refractivity contribution in [1.29, 1.82) is 0 Å². The predicted molar refractivity (Wildman–Crippen MR) is 114 cm³/mol. The molecule has 2 aliphatic rings. The molecule has 1 aromatic carbocycles. The van der Waals surface area contributed by atoms with E-state index in [-0.39, 0.29) is 25.0 Å². The Bertz CT molecular complexity index is 914. The molecule has 1 saturated carbocycles. The fraction of sp³-hybridized carbons (Fsp3) is 0.600. The normalized spacial score (nSPS) is 24.6. The minimum atomic E-state index is -3.64. The van der Waals surface area contributed by atoms with Crippen LogP contribution in [0.15, 0.2) is 18.2 Å². The zero-order valence-electron chi connectivity index (χ0n) is 17.1. The maximum absolute atomic E-state index is 13.4. The lowest BCUT2D eigenvalue weighted by Crippen LogP contribution is -2.70. The highest BCUT2D eigenvalue weighted by atomic mass is 35.5. The molecule has 1 saturated heterocycles. The Morgan fingerprint density at radius 3 is 2.48 bits per heavy atom. The first-order valence-corrected chi connectivity index (χ1v) is 12.1. The fourth-order valence-electron chi connectivity index (χ4n) is 4.11. The van der Waals surface area contributed by atoms with E-state index in [9.17, 15) is 18.0 Å². The van der Waals surface area contributed by atoms with E-state index in [2.05, 4.69) is 5.32 Å². The van der Waals surface area contributed by atoms with Gasteiger partial charge in [0.05, 0.1) is 12.8 Å². The Balaban J connectivity index is 1.99. The molecule has 2 fully saturated rings. The van der Waals surface area contributed by atoms with Crippen LogP contribution in [0.25, 0.3) is 0 Å². The summed E-state index contributed by atoms with van der Waals surface area (Å²) in [5.74, 6) is -0.800. The highest BCUT2D eigenvalue weighted by molar-refractivity contribution is 7.88. The number of nitrogens with one attached hydrogen (secondary N) is 1. The van der Waals surface area contributed by atoms with Crippen LogP contribution < -0.4 is 10.2 Å². The summed E-state index contributed by atoms with van der Waals surface area (Å²) >= 11 is 6.27. The third kappa shape index (κ3) is 4.59. The molecule has 7 nitrogen and oxygen atoms in total. The number of nitrogens with zero attached hydrogens (tertiary/aromatic N) is 2. The van der Waals surface area contributed by atoms with Crippen LogP contribution in [0.4, 0.5) is 5.69 Å². The van der Waals surface area contributed by atoms with Gasteiger partial charge in [-0.05, 0) is 44.4 Å². The molecule has 29 heavy (non-hydrogen) atoms. The van der Waals surface area contributed by atoms with Crippen molar-refractivity contribution in [2.24, 2.45) is 0 Å². The predicted octanol–water partition coefficient (Wildman–Crippen LogP) is 2.46. The second-order valence-corrected chi connectivity index (χ2v) is 10.7. The molecule has 0 spiro atoms. The van der Waals surface area contributed by atoms with Gasteiger partial charge >= 0.3 is 0 Å². The lowest BCUT2D eigenvalue weighted by molar-refractivity contribution is -0.133. The second kappa shape index (κ2) is 8.24. The SMILES string of the molecule is Cc1ccc(N2C(=O)CN(S(C)(=O)=O)C[C@@]2(C)C(=O)NC2CCCCC2)cc1Cl. The van der Waals surface area contributed by atoms with Crippen LogP contribution in [-0.2, 0) is 19.6 Å². The Kier molecular flexibility index (Phi) is 6.27. The van der Waals surface area contributed by atoms with Crippen LogP contribution in [0.3, 0.4) is 0 Å².